The first-order valence-corrected chi connectivity index (χ1v) is 6.68. The molecule has 0 aliphatic rings. The molecule has 0 aliphatic heterocycles. The Labute approximate surface area is 122 Å². The van der Waals surface area contributed by atoms with Crippen LogP contribution in [0.25, 0.3) is 0 Å². The molecule has 0 atom stereocenters. The van der Waals surface area contributed by atoms with E-state index >= 15 is 0 Å². The van der Waals surface area contributed by atoms with Gasteiger partial charge in [0, 0.05) is 6.54 Å². The van der Waals surface area contributed by atoms with Crippen LogP contribution in [-0.2, 0) is 4.74 Å². The minimum Gasteiger partial charge on any atom is -0.462 e. The molecule has 0 spiro atoms. The van der Waals surface area contributed by atoms with E-state index in [-0.39, 0.29) is 27.7 Å². The zero-order chi connectivity index (χ0) is 16.2. The van der Waals surface area contributed by atoms with E-state index < -0.39 is 31.0 Å². The Balaban J connectivity index is 3.03. The standard InChI is InChI=1S/C11H14F3N3O3S/c1-2-20-10(19)5-6(15)7(8(16)18)21-9(5)17-4-3-11(12,13)14/h17H,2-4,15H2,1H3,(H2,16,18). The number of nitrogen functional groups attached to an aromatic ring is 1. The second-order valence-corrected chi connectivity index (χ2v) is 4.95. The Kier molecular flexibility index (Phi) is 5.41. The maximum absolute atomic E-state index is 12.1. The first-order chi connectivity index (χ1) is 9.67. The Bertz CT molecular complexity index is 543. The molecule has 0 radical (unpaired) electrons. The number of hydrogen-bond acceptors (Lipinski definition) is 6. The van der Waals surface area contributed by atoms with Crippen LogP contribution in [0.4, 0.5) is 23.9 Å². The van der Waals surface area contributed by atoms with Gasteiger partial charge >= 0.3 is 12.1 Å². The van der Waals surface area contributed by atoms with Crippen molar-refractivity contribution in [2.24, 2.45) is 5.73 Å². The minimum absolute atomic E-state index is 0.0315. The average molecular weight is 325 g/mol. The molecule has 0 aliphatic carbocycles. The second-order valence-electron chi connectivity index (χ2n) is 3.93. The van der Waals surface area contributed by atoms with Crippen LogP contribution in [0.3, 0.4) is 0 Å². The molecule has 5 N–H and O–H groups in total. The monoisotopic (exact) mass is 325 g/mol. The predicted molar refractivity (Wildman–Crippen MR) is 72.4 cm³/mol. The molecule has 0 saturated carbocycles. The van der Waals surface area contributed by atoms with E-state index in [1.807, 2.05) is 0 Å². The predicted octanol–water partition coefficient (Wildman–Crippen LogP) is 1.97. The van der Waals surface area contributed by atoms with Gasteiger partial charge in [-0.25, -0.2) is 4.79 Å². The fourth-order valence-corrected chi connectivity index (χ4v) is 2.46. The number of thiophene rings is 1. The number of rotatable bonds is 6. The molecule has 6 nitrogen and oxygen atoms in total. The van der Waals surface area contributed by atoms with Gasteiger partial charge in [-0.05, 0) is 6.92 Å². The average Bonchev–Trinajstić information content (AvgIpc) is 2.65. The molecule has 0 saturated heterocycles. The molecule has 0 bridgehead atoms. The van der Waals surface area contributed by atoms with Crippen LogP contribution in [0.15, 0.2) is 0 Å². The van der Waals surface area contributed by atoms with Crippen molar-refractivity contribution in [3.05, 3.63) is 10.4 Å². The molecule has 10 heteroatoms. The fraction of sp³-hybridized carbons (Fsp3) is 0.455. The minimum atomic E-state index is -4.34. The number of anilines is 2. The Morgan fingerprint density at radius 1 is 1.38 bits per heavy atom. The van der Waals surface area contributed by atoms with Crippen molar-refractivity contribution in [3.8, 4) is 0 Å². The van der Waals surface area contributed by atoms with Crippen LogP contribution in [0.5, 0.6) is 0 Å². The van der Waals surface area contributed by atoms with E-state index in [9.17, 15) is 22.8 Å². The molecule has 1 aromatic heterocycles. The summed E-state index contributed by atoms with van der Waals surface area (Å²) < 4.78 is 41.1. The summed E-state index contributed by atoms with van der Waals surface area (Å²) in [4.78, 5) is 22.9. The van der Waals surface area contributed by atoms with Gasteiger partial charge in [0.05, 0.1) is 18.7 Å². The number of carbonyl (C=O) groups is 2. The number of halogens is 3. The molecule has 1 heterocycles. The number of esters is 1. The Morgan fingerprint density at radius 2 is 2.00 bits per heavy atom. The van der Waals surface area contributed by atoms with Gasteiger partial charge in [-0.1, -0.05) is 0 Å². The van der Waals surface area contributed by atoms with E-state index in [2.05, 4.69) is 5.32 Å². The van der Waals surface area contributed by atoms with E-state index in [1.54, 1.807) is 6.92 Å². The lowest BCUT2D eigenvalue weighted by molar-refractivity contribution is -0.131. The summed E-state index contributed by atoms with van der Waals surface area (Å²) in [6.45, 7) is 1.16. The third-order valence-corrected chi connectivity index (χ3v) is 3.52. The van der Waals surface area contributed by atoms with Crippen LogP contribution in [0.1, 0.15) is 33.4 Å². The largest absolute Gasteiger partial charge is 0.462 e. The van der Waals surface area contributed by atoms with E-state index in [0.29, 0.717) is 0 Å². The van der Waals surface area contributed by atoms with Crippen molar-refractivity contribution in [1.82, 2.24) is 0 Å². The molecule has 0 unspecified atom stereocenters. The molecule has 118 valence electrons. The normalized spacial score (nSPS) is 11.2. The summed E-state index contributed by atoms with van der Waals surface area (Å²) >= 11 is 0.720. The second kappa shape index (κ2) is 6.66. The summed E-state index contributed by atoms with van der Waals surface area (Å²) in [6, 6.07) is 0. The van der Waals surface area contributed by atoms with Gasteiger partial charge in [-0.15, -0.1) is 11.3 Å². The van der Waals surface area contributed by atoms with Gasteiger partial charge in [-0.3, -0.25) is 4.79 Å². The van der Waals surface area contributed by atoms with Crippen LogP contribution in [-0.4, -0.2) is 31.2 Å². The van der Waals surface area contributed by atoms with Gasteiger partial charge in [0.2, 0.25) is 0 Å². The van der Waals surface area contributed by atoms with E-state index in [0.717, 1.165) is 11.3 Å². The van der Waals surface area contributed by atoms with Gasteiger partial charge in [0.15, 0.2) is 0 Å². The van der Waals surface area contributed by atoms with Crippen LogP contribution in [0.2, 0.25) is 0 Å². The maximum Gasteiger partial charge on any atom is 0.390 e. The van der Waals surface area contributed by atoms with Crippen molar-refractivity contribution in [3.63, 3.8) is 0 Å². The number of nitrogens with one attached hydrogen (secondary N) is 1. The molecule has 0 aromatic carbocycles. The number of carbonyl (C=O) groups excluding carboxylic acids is 2. The van der Waals surface area contributed by atoms with Crippen molar-refractivity contribution in [1.29, 1.82) is 0 Å². The molecule has 21 heavy (non-hydrogen) atoms. The number of ether oxygens (including phenoxy) is 1. The number of amides is 1. The molecule has 1 amide bonds. The van der Waals surface area contributed by atoms with Crippen LogP contribution >= 0.6 is 11.3 Å². The highest BCUT2D eigenvalue weighted by Crippen LogP contribution is 2.36. The van der Waals surface area contributed by atoms with Crippen LogP contribution in [0, 0.1) is 0 Å². The molecule has 1 rings (SSSR count). The van der Waals surface area contributed by atoms with Crippen molar-refractivity contribution in [2.45, 2.75) is 19.5 Å². The third kappa shape index (κ3) is 4.52. The quantitative estimate of drug-likeness (QED) is 0.693. The van der Waals surface area contributed by atoms with Crippen LogP contribution < -0.4 is 16.8 Å². The first-order valence-electron chi connectivity index (χ1n) is 5.87. The SMILES string of the molecule is CCOC(=O)c1c(NCCC(F)(F)F)sc(C(N)=O)c1N. The smallest absolute Gasteiger partial charge is 0.390 e. The van der Waals surface area contributed by atoms with Crippen molar-refractivity contribution < 1.29 is 27.5 Å². The number of nitrogens with two attached hydrogens (primary N) is 2. The zero-order valence-corrected chi connectivity index (χ0v) is 11.9. The summed E-state index contributed by atoms with van der Waals surface area (Å²) in [5.41, 5.74) is 10.4. The lowest BCUT2D eigenvalue weighted by atomic mass is 10.2. The highest BCUT2D eigenvalue weighted by Gasteiger charge is 2.28. The summed E-state index contributed by atoms with van der Waals surface area (Å²) in [6.07, 6.45) is -5.44. The highest BCUT2D eigenvalue weighted by molar-refractivity contribution is 7.19. The Hall–Kier alpha value is -1.97. The van der Waals surface area contributed by atoms with Gasteiger partial charge < -0.3 is 21.5 Å². The molecular formula is C11H14F3N3O3S. The van der Waals surface area contributed by atoms with Gasteiger partial charge in [-0.2, -0.15) is 13.2 Å². The van der Waals surface area contributed by atoms with E-state index in [1.165, 1.54) is 0 Å². The van der Waals surface area contributed by atoms with Crippen molar-refractivity contribution in [2.75, 3.05) is 24.2 Å². The van der Waals surface area contributed by atoms with Crippen molar-refractivity contribution >= 4 is 33.9 Å². The first kappa shape index (κ1) is 17.1. The zero-order valence-electron chi connectivity index (χ0n) is 11.0. The molecule has 1 aromatic rings. The summed E-state index contributed by atoms with van der Waals surface area (Å²) in [7, 11) is 0. The fourth-order valence-electron chi connectivity index (χ4n) is 1.48. The van der Waals surface area contributed by atoms with Gasteiger partial charge in [0.1, 0.15) is 15.4 Å². The number of alkyl halides is 3. The Morgan fingerprint density at radius 3 is 2.48 bits per heavy atom. The number of hydrogen-bond donors (Lipinski definition) is 3. The summed E-state index contributed by atoms with van der Waals surface area (Å²) in [5, 5.41) is 2.47. The topological polar surface area (TPSA) is 107 Å². The lowest BCUT2D eigenvalue weighted by Crippen LogP contribution is -2.16. The molecule has 0 fully saturated rings. The van der Waals surface area contributed by atoms with E-state index in [4.69, 9.17) is 16.2 Å². The van der Waals surface area contributed by atoms with Gasteiger partial charge in [0.25, 0.3) is 5.91 Å². The highest BCUT2D eigenvalue weighted by atomic mass is 32.1. The third-order valence-electron chi connectivity index (χ3n) is 2.34. The lowest BCUT2D eigenvalue weighted by Gasteiger charge is -2.09. The summed E-state index contributed by atoms with van der Waals surface area (Å²) in [5.74, 6) is -1.69. The molecular weight excluding hydrogens is 311 g/mol. The number of primary amides is 1. The maximum atomic E-state index is 12.1.